The fourth-order valence-electron chi connectivity index (χ4n) is 5.06. The van der Waals surface area contributed by atoms with Crippen molar-refractivity contribution >= 4 is 23.0 Å². The highest BCUT2D eigenvalue weighted by molar-refractivity contribution is 7.15. The third-order valence-corrected chi connectivity index (χ3v) is 8.91. The van der Waals surface area contributed by atoms with Crippen LogP contribution in [0.3, 0.4) is 0 Å². The molecule has 0 atom stereocenters. The molecule has 0 radical (unpaired) electrons. The maximum absolute atomic E-state index is 13.1. The van der Waals surface area contributed by atoms with Crippen molar-refractivity contribution < 1.29 is 32.6 Å². The van der Waals surface area contributed by atoms with Gasteiger partial charge in [-0.15, -0.1) is 11.3 Å². The van der Waals surface area contributed by atoms with Crippen LogP contribution in [-0.2, 0) is 19.1 Å². The number of aromatic hydroxyl groups is 1. The monoisotopic (exact) mass is 623 g/mol. The number of phenolic OH excluding ortho intramolecular Hbond substituents is 1. The molecule has 1 saturated heterocycles. The van der Waals surface area contributed by atoms with E-state index in [2.05, 4.69) is 4.90 Å². The van der Waals surface area contributed by atoms with Gasteiger partial charge in [-0.3, -0.25) is 14.5 Å². The molecule has 0 unspecified atom stereocenters. The van der Waals surface area contributed by atoms with E-state index in [4.69, 9.17) is 9.72 Å². The summed E-state index contributed by atoms with van der Waals surface area (Å²) in [5.41, 5.74) is 2.33. The summed E-state index contributed by atoms with van der Waals surface area (Å²) in [4.78, 5) is 35.7. The molecule has 0 aliphatic carbocycles. The van der Waals surface area contributed by atoms with Crippen LogP contribution >= 0.6 is 11.3 Å². The molecule has 1 fully saturated rings. The number of phenols is 1. The van der Waals surface area contributed by atoms with E-state index in [1.54, 1.807) is 50.4 Å². The van der Waals surface area contributed by atoms with Crippen molar-refractivity contribution in [3.63, 3.8) is 0 Å². The lowest BCUT2D eigenvalue weighted by Gasteiger charge is -2.34. The molecule has 1 N–H and O–H groups in total. The van der Waals surface area contributed by atoms with Crippen LogP contribution in [-0.4, -0.2) is 64.9 Å². The molecule has 3 aromatic carbocycles. The number of halogens is 3. The zero-order chi connectivity index (χ0) is 31.4. The number of benzene rings is 3. The number of nitrogens with zero attached hydrogens (tertiary/aromatic N) is 3. The third-order valence-electron chi connectivity index (χ3n) is 7.71. The van der Waals surface area contributed by atoms with E-state index in [-0.39, 0.29) is 23.9 Å². The Hall–Kier alpha value is -4.22. The quantitative estimate of drug-likeness (QED) is 0.211. The number of amides is 1. The van der Waals surface area contributed by atoms with Gasteiger partial charge in [0.1, 0.15) is 16.5 Å². The van der Waals surface area contributed by atoms with Crippen LogP contribution in [0.5, 0.6) is 11.5 Å². The Morgan fingerprint density at radius 1 is 0.955 bits per heavy atom. The predicted molar refractivity (Wildman–Crippen MR) is 162 cm³/mol. The maximum Gasteiger partial charge on any atom is 0.416 e. The molecule has 7 nitrogen and oxygen atoms in total. The molecule has 2 heterocycles. The number of hydrogen-bond acceptors (Lipinski definition) is 7. The highest BCUT2D eigenvalue weighted by Crippen LogP contribution is 2.34. The lowest BCUT2D eigenvalue weighted by Crippen LogP contribution is -2.48. The number of carbonyl (C=O) groups excluding carboxylic acids is 2. The number of ether oxygens (including phenoxy) is 1. The first kappa shape index (κ1) is 31.2. The summed E-state index contributed by atoms with van der Waals surface area (Å²) >= 11 is 1.38. The van der Waals surface area contributed by atoms with Gasteiger partial charge in [-0.05, 0) is 73.5 Å². The van der Waals surface area contributed by atoms with Gasteiger partial charge in [0.15, 0.2) is 5.78 Å². The summed E-state index contributed by atoms with van der Waals surface area (Å²) in [5, 5.41) is 10.4. The second-order valence-electron chi connectivity index (χ2n) is 10.7. The first-order valence-corrected chi connectivity index (χ1v) is 15.0. The Balaban J connectivity index is 1.30. The number of aromatic nitrogens is 1. The number of rotatable bonds is 9. The summed E-state index contributed by atoms with van der Waals surface area (Å²) in [6, 6.07) is 16.7. The van der Waals surface area contributed by atoms with Crippen molar-refractivity contribution in [3.8, 4) is 22.1 Å². The number of thiazole rings is 1. The number of carbonyl (C=O) groups is 2. The average molecular weight is 624 g/mol. The number of hydrogen-bond donors (Lipinski definition) is 1. The first-order chi connectivity index (χ1) is 21.0. The van der Waals surface area contributed by atoms with Crippen molar-refractivity contribution in [1.82, 2.24) is 14.8 Å². The molecule has 5 rings (SSSR count). The zero-order valence-corrected chi connectivity index (χ0v) is 25.2. The minimum Gasteiger partial charge on any atom is -0.508 e. The van der Waals surface area contributed by atoms with Gasteiger partial charge in [-0.1, -0.05) is 12.1 Å². The molecular formula is C33H32F3N3O4S. The fourth-order valence-corrected chi connectivity index (χ4v) is 6.14. The standard InChI is InChI=1S/C33H32F3N3O4S/c1-21-19-24(7-12-28(21)40)29(41)13-14-30-27(37-31(44-30)22-3-8-25(9-4-22)33(34,35)36)20-38-15-17-39(18-16-38)32(42)23-5-10-26(43-2)11-6-23/h3-12,19,40H,13-18,20H2,1-2H3. The van der Waals surface area contributed by atoms with Gasteiger partial charge < -0.3 is 14.7 Å². The minimum absolute atomic E-state index is 0.0470. The van der Waals surface area contributed by atoms with E-state index < -0.39 is 11.7 Å². The Morgan fingerprint density at radius 2 is 1.61 bits per heavy atom. The number of alkyl halides is 3. The number of methoxy groups -OCH3 is 1. The van der Waals surface area contributed by atoms with Crippen LogP contribution in [0.4, 0.5) is 13.2 Å². The van der Waals surface area contributed by atoms with Crippen LogP contribution < -0.4 is 4.74 Å². The molecule has 11 heteroatoms. The van der Waals surface area contributed by atoms with Gasteiger partial charge in [0, 0.05) is 60.7 Å². The summed E-state index contributed by atoms with van der Waals surface area (Å²) in [7, 11) is 1.57. The lowest BCUT2D eigenvalue weighted by atomic mass is 10.0. The normalized spacial score (nSPS) is 14.1. The van der Waals surface area contributed by atoms with Gasteiger partial charge >= 0.3 is 6.18 Å². The Morgan fingerprint density at radius 3 is 2.23 bits per heavy atom. The van der Waals surface area contributed by atoms with Gasteiger partial charge in [-0.2, -0.15) is 13.2 Å². The minimum atomic E-state index is -4.43. The molecule has 44 heavy (non-hydrogen) atoms. The van der Waals surface area contributed by atoms with Gasteiger partial charge in [0.05, 0.1) is 18.4 Å². The second kappa shape index (κ2) is 13.2. The molecule has 1 aliphatic rings. The lowest BCUT2D eigenvalue weighted by molar-refractivity contribution is -0.137. The van der Waals surface area contributed by atoms with Crippen LogP contribution in [0.1, 0.15) is 48.8 Å². The van der Waals surface area contributed by atoms with Gasteiger partial charge in [0.25, 0.3) is 5.91 Å². The van der Waals surface area contributed by atoms with Crippen molar-refractivity contribution in [2.24, 2.45) is 0 Å². The number of ketones is 1. The number of piperazine rings is 1. The number of aryl methyl sites for hydroxylation is 2. The van der Waals surface area contributed by atoms with Crippen LogP contribution in [0.25, 0.3) is 10.6 Å². The summed E-state index contributed by atoms with van der Waals surface area (Å²) in [6.07, 6.45) is -3.79. The van der Waals surface area contributed by atoms with Crippen molar-refractivity contribution in [2.75, 3.05) is 33.3 Å². The highest BCUT2D eigenvalue weighted by atomic mass is 32.1. The third kappa shape index (κ3) is 7.28. The molecule has 230 valence electrons. The van der Waals surface area contributed by atoms with E-state index >= 15 is 0 Å². The zero-order valence-electron chi connectivity index (χ0n) is 24.4. The smallest absolute Gasteiger partial charge is 0.416 e. The molecule has 1 amide bonds. The van der Waals surface area contributed by atoms with Crippen molar-refractivity contribution in [2.45, 2.75) is 32.5 Å². The van der Waals surface area contributed by atoms with E-state index in [1.807, 2.05) is 4.90 Å². The molecular weight excluding hydrogens is 591 g/mol. The molecule has 1 aliphatic heterocycles. The van der Waals surface area contributed by atoms with E-state index in [1.165, 1.54) is 29.5 Å². The van der Waals surface area contributed by atoms with Crippen LogP contribution in [0.15, 0.2) is 66.7 Å². The topological polar surface area (TPSA) is 83.0 Å². The second-order valence-corrected chi connectivity index (χ2v) is 11.8. The first-order valence-electron chi connectivity index (χ1n) is 14.2. The summed E-state index contributed by atoms with van der Waals surface area (Å²) < 4.78 is 44.5. The SMILES string of the molecule is COc1ccc(C(=O)N2CCN(Cc3nc(-c4ccc(C(F)(F)F)cc4)sc3CCC(=O)c3ccc(O)c(C)c3)CC2)cc1. The molecule has 1 aromatic heterocycles. The predicted octanol–water partition coefficient (Wildman–Crippen LogP) is 6.63. The summed E-state index contributed by atoms with van der Waals surface area (Å²) in [6.45, 7) is 4.54. The molecule has 4 aromatic rings. The maximum atomic E-state index is 13.1. The Labute approximate surface area is 257 Å². The molecule has 0 bridgehead atoms. The van der Waals surface area contributed by atoms with Gasteiger partial charge in [-0.25, -0.2) is 4.98 Å². The largest absolute Gasteiger partial charge is 0.508 e. The number of Topliss-reactive ketones (excluding diaryl/α,β-unsaturated/α-hetero) is 1. The molecule has 0 saturated carbocycles. The highest BCUT2D eigenvalue weighted by Gasteiger charge is 2.30. The fraction of sp³-hybridized carbons (Fsp3) is 0.303. The van der Waals surface area contributed by atoms with E-state index in [9.17, 15) is 27.9 Å². The van der Waals surface area contributed by atoms with Crippen LogP contribution in [0.2, 0.25) is 0 Å². The van der Waals surface area contributed by atoms with E-state index in [0.717, 1.165) is 22.7 Å². The summed E-state index contributed by atoms with van der Waals surface area (Å²) in [5.74, 6) is 0.683. The van der Waals surface area contributed by atoms with E-state index in [0.29, 0.717) is 72.2 Å². The van der Waals surface area contributed by atoms with Crippen LogP contribution in [0, 0.1) is 6.92 Å². The Kier molecular flexibility index (Phi) is 9.36. The average Bonchev–Trinajstić information content (AvgIpc) is 3.43. The van der Waals surface area contributed by atoms with Gasteiger partial charge in [0.2, 0.25) is 0 Å². The Bertz CT molecular complexity index is 1630. The van der Waals surface area contributed by atoms with Crippen molar-refractivity contribution in [1.29, 1.82) is 0 Å². The molecule has 0 spiro atoms. The van der Waals surface area contributed by atoms with Crippen molar-refractivity contribution in [3.05, 3.63) is 99.6 Å².